The first-order chi connectivity index (χ1) is 5.13. The average molecular weight is 158 g/mol. The Morgan fingerprint density at radius 2 is 1.91 bits per heavy atom. The normalized spacial score (nSPS) is 17.1. The minimum atomic E-state index is -0.346. The first kappa shape index (κ1) is 10.7. The molecule has 11 heavy (non-hydrogen) atoms. The van der Waals surface area contributed by atoms with Crippen molar-refractivity contribution < 1.29 is 10.2 Å². The van der Waals surface area contributed by atoms with Crippen molar-refractivity contribution in [2.24, 2.45) is 0 Å². The van der Waals surface area contributed by atoms with Gasteiger partial charge in [0.15, 0.2) is 0 Å². The van der Waals surface area contributed by atoms with E-state index in [-0.39, 0.29) is 12.2 Å². The molecule has 0 radical (unpaired) electrons. The van der Waals surface area contributed by atoms with Crippen molar-refractivity contribution in [3.63, 3.8) is 0 Å². The number of unbranched alkanes of at least 4 members (excludes halogenated alkanes) is 1. The summed E-state index contributed by atoms with van der Waals surface area (Å²) in [5.41, 5.74) is 0. The van der Waals surface area contributed by atoms with Gasteiger partial charge >= 0.3 is 0 Å². The largest absolute Gasteiger partial charge is 0.393 e. The van der Waals surface area contributed by atoms with Crippen molar-refractivity contribution in [2.75, 3.05) is 0 Å². The van der Waals surface area contributed by atoms with E-state index >= 15 is 0 Å². The molecule has 2 N–H and O–H groups in total. The summed E-state index contributed by atoms with van der Waals surface area (Å²) >= 11 is 0. The predicted octanol–water partition coefficient (Wildman–Crippen LogP) is 1.47. The molecule has 0 saturated carbocycles. The Labute approximate surface area is 68.6 Å². The molecule has 0 bridgehead atoms. The minimum absolute atomic E-state index is 0.199. The van der Waals surface area contributed by atoms with Crippen molar-refractivity contribution in [3.8, 4) is 0 Å². The molecule has 2 heteroatoms. The fourth-order valence-electron chi connectivity index (χ4n) is 0.824. The molecular formula is C9H18O2. The highest BCUT2D eigenvalue weighted by Crippen LogP contribution is 2.00. The fourth-order valence-corrected chi connectivity index (χ4v) is 0.824. The van der Waals surface area contributed by atoms with Gasteiger partial charge in [0.05, 0.1) is 12.2 Å². The summed E-state index contributed by atoms with van der Waals surface area (Å²) in [6.07, 6.45) is 5.94. The molecule has 2 unspecified atom stereocenters. The van der Waals surface area contributed by atoms with E-state index in [1.165, 1.54) is 0 Å². The second kappa shape index (κ2) is 6.38. The van der Waals surface area contributed by atoms with Gasteiger partial charge in [0.1, 0.15) is 0 Å². The van der Waals surface area contributed by atoms with Crippen molar-refractivity contribution in [3.05, 3.63) is 12.2 Å². The second-order valence-corrected chi connectivity index (χ2v) is 2.95. The van der Waals surface area contributed by atoms with Crippen LogP contribution in [0.2, 0.25) is 0 Å². The Balaban J connectivity index is 3.14. The molecule has 0 spiro atoms. The van der Waals surface area contributed by atoms with Crippen molar-refractivity contribution in [1.29, 1.82) is 0 Å². The van der Waals surface area contributed by atoms with Gasteiger partial charge in [0.25, 0.3) is 0 Å². The van der Waals surface area contributed by atoms with Crippen molar-refractivity contribution in [1.82, 2.24) is 0 Å². The van der Waals surface area contributed by atoms with Crippen LogP contribution >= 0.6 is 0 Å². The van der Waals surface area contributed by atoms with Crippen LogP contribution in [0.25, 0.3) is 0 Å². The molecule has 0 fully saturated rings. The van der Waals surface area contributed by atoms with Gasteiger partial charge in [0.2, 0.25) is 0 Å². The van der Waals surface area contributed by atoms with Gasteiger partial charge in [-0.3, -0.25) is 0 Å². The molecular weight excluding hydrogens is 140 g/mol. The Kier molecular flexibility index (Phi) is 6.18. The first-order valence-electron chi connectivity index (χ1n) is 4.15. The van der Waals surface area contributed by atoms with Gasteiger partial charge in [-0.25, -0.2) is 0 Å². The molecule has 0 aromatic carbocycles. The average Bonchev–Trinajstić information content (AvgIpc) is 1.85. The molecule has 2 nitrogen and oxygen atoms in total. The zero-order valence-corrected chi connectivity index (χ0v) is 7.33. The SMILES string of the molecule is CC(O)C=CCCCC(C)O. The second-order valence-electron chi connectivity index (χ2n) is 2.95. The highest BCUT2D eigenvalue weighted by Gasteiger charge is 1.92. The van der Waals surface area contributed by atoms with Gasteiger partial charge in [-0.2, -0.15) is 0 Å². The molecule has 0 aromatic rings. The standard InChI is InChI=1S/C9H18O2/c1-8(10)6-4-3-5-7-9(2)11/h4,6,8-11H,3,5,7H2,1-2H3. The molecule has 0 aromatic heterocycles. The summed E-state index contributed by atoms with van der Waals surface area (Å²) in [7, 11) is 0. The van der Waals surface area contributed by atoms with Crippen LogP contribution < -0.4 is 0 Å². The summed E-state index contributed by atoms with van der Waals surface area (Å²) < 4.78 is 0. The third-order valence-electron chi connectivity index (χ3n) is 1.41. The topological polar surface area (TPSA) is 40.5 Å². The molecule has 0 amide bonds. The summed E-state index contributed by atoms with van der Waals surface area (Å²) in [4.78, 5) is 0. The summed E-state index contributed by atoms with van der Waals surface area (Å²) in [6, 6.07) is 0. The van der Waals surface area contributed by atoms with Crippen LogP contribution in [0.3, 0.4) is 0 Å². The fraction of sp³-hybridized carbons (Fsp3) is 0.778. The van der Waals surface area contributed by atoms with Crippen LogP contribution in [0.15, 0.2) is 12.2 Å². The van der Waals surface area contributed by atoms with Gasteiger partial charge in [-0.15, -0.1) is 0 Å². The number of hydrogen-bond donors (Lipinski definition) is 2. The third-order valence-corrected chi connectivity index (χ3v) is 1.41. The zero-order valence-electron chi connectivity index (χ0n) is 7.33. The number of hydrogen-bond acceptors (Lipinski definition) is 2. The van der Waals surface area contributed by atoms with Crippen LogP contribution in [-0.2, 0) is 0 Å². The van der Waals surface area contributed by atoms with E-state index in [2.05, 4.69) is 0 Å². The van der Waals surface area contributed by atoms with Gasteiger partial charge in [0, 0.05) is 0 Å². The quantitative estimate of drug-likeness (QED) is 0.470. The Morgan fingerprint density at radius 3 is 2.36 bits per heavy atom. The lowest BCUT2D eigenvalue weighted by atomic mass is 10.1. The Morgan fingerprint density at radius 1 is 1.27 bits per heavy atom. The van der Waals surface area contributed by atoms with E-state index in [1.54, 1.807) is 19.9 Å². The number of allylic oxidation sites excluding steroid dienone is 1. The number of aliphatic hydroxyl groups excluding tert-OH is 2. The maximum absolute atomic E-state index is 8.89. The van der Waals surface area contributed by atoms with E-state index in [1.807, 2.05) is 6.08 Å². The monoisotopic (exact) mass is 158 g/mol. The van der Waals surface area contributed by atoms with Crippen molar-refractivity contribution in [2.45, 2.75) is 45.3 Å². The number of rotatable bonds is 5. The van der Waals surface area contributed by atoms with Crippen molar-refractivity contribution >= 4 is 0 Å². The van der Waals surface area contributed by atoms with E-state index in [4.69, 9.17) is 10.2 Å². The molecule has 66 valence electrons. The van der Waals surface area contributed by atoms with Gasteiger partial charge < -0.3 is 10.2 Å². The van der Waals surface area contributed by atoms with Crippen LogP contribution in [0.1, 0.15) is 33.1 Å². The van der Waals surface area contributed by atoms with Gasteiger partial charge in [-0.1, -0.05) is 12.2 Å². The summed E-state index contributed by atoms with van der Waals surface area (Å²) in [5.74, 6) is 0. The predicted molar refractivity (Wildman–Crippen MR) is 46.4 cm³/mol. The zero-order chi connectivity index (χ0) is 8.69. The molecule has 0 saturated heterocycles. The van der Waals surface area contributed by atoms with Crippen LogP contribution in [0, 0.1) is 0 Å². The minimum Gasteiger partial charge on any atom is -0.393 e. The number of aliphatic hydroxyl groups is 2. The first-order valence-corrected chi connectivity index (χ1v) is 4.15. The molecule has 0 heterocycles. The maximum Gasteiger partial charge on any atom is 0.0692 e. The molecule has 0 aliphatic heterocycles. The highest BCUT2D eigenvalue weighted by molar-refractivity contribution is 4.85. The van der Waals surface area contributed by atoms with E-state index < -0.39 is 0 Å². The van der Waals surface area contributed by atoms with Crippen LogP contribution in [0.4, 0.5) is 0 Å². The smallest absolute Gasteiger partial charge is 0.0692 e. The van der Waals surface area contributed by atoms with E-state index in [0.29, 0.717) is 0 Å². The maximum atomic E-state index is 8.89. The molecule has 0 aliphatic carbocycles. The lowest BCUT2D eigenvalue weighted by Gasteiger charge is -2.00. The Hall–Kier alpha value is -0.340. The Bertz CT molecular complexity index is 106. The van der Waals surface area contributed by atoms with Gasteiger partial charge in [-0.05, 0) is 33.1 Å². The molecule has 0 aliphatic rings. The molecule has 0 rings (SSSR count). The highest BCUT2D eigenvalue weighted by atomic mass is 16.3. The lowest BCUT2D eigenvalue weighted by Crippen LogP contribution is -1.98. The third kappa shape index (κ3) is 9.66. The lowest BCUT2D eigenvalue weighted by molar-refractivity contribution is 0.182. The van der Waals surface area contributed by atoms with Crippen LogP contribution in [0.5, 0.6) is 0 Å². The molecule has 2 atom stereocenters. The summed E-state index contributed by atoms with van der Waals surface area (Å²) in [5, 5.41) is 17.7. The van der Waals surface area contributed by atoms with E-state index in [9.17, 15) is 0 Å². The van der Waals surface area contributed by atoms with Crippen LogP contribution in [-0.4, -0.2) is 22.4 Å². The van der Waals surface area contributed by atoms with E-state index in [0.717, 1.165) is 19.3 Å². The summed E-state index contributed by atoms with van der Waals surface area (Å²) in [6.45, 7) is 3.52.